The van der Waals surface area contributed by atoms with Crippen molar-refractivity contribution in [1.29, 1.82) is 0 Å². The number of rotatable bonds is 5. The highest BCUT2D eigenvalue weighted by atomic mass is 16.4. The summed E-state index contributed by atoms with van der Waals surface area (Å²) in [6.45, 7) is 7.53. The fourth-order valence-electron chi connectivity index (χ4n) is 1.76. The highest BCUT2D eigenvalue weighted by Crippen LogP contribution is 2.17. The fourth-order valence-corrected chi connectivity index (χ4v) is 1.76. The lowest BCUT2D eigenvalue weighted by Crippen LogP contribution is -2.56. The highest BCUT2D eigenvalue weighted by molar-refractivity contribution is 5.95. The molecule has 0 aromatic heterocycles. The third kappa shape index (κ3) is 3.50. The molecule has 1 aromatic rings. The summed E-state index contributed by atoms with van der Waals surface area (Å²) in [7, 11) is 0. The van der Waals surface area contributed by atoms with Gasteiger partial charge in [0, 0.05) is 12.2 Å². The number of aryl methyl sites for hydroxylation is 1. The van der Waals surface area contributed by atoms with Crippen molar-refractivity contribution in [3.8, 4) is 0 Å². The number of carboxylic acid groups (broad SMARTS) is 1. The minimum absolute atomic E-state index is 0.319. The van der Waals surface area contributed by atoms with Gasteiger partial charge in [0.2, 0.25) is 0 Å². The number of hydrogen-bond acceptors (Lipinski definition) is 2. The first-order valence-electron chi connectivity index (χ1n) is 6.73. The molecule has 110 valence electrons. The summed E-state index contributed by atoms with van der Waals surface area (Å²) in [6.07, 6.45) is 0.319. The molecule has 0 aliphatic carbocycles. The number of carboxylic acids is 1. The molecule has 1 rings (SSSR count). The zero-order valence-corrected chi connectivity index (χ0v) is 12.4. The number of carbonyl (C=O) groups is 2. The average Bonchev–Trinajstić information content (AvgIpc) is 2.41. The van der Waals surface area contributed by atoms with Crippen LogP contribution in [0.15, 0.2) is 24.3 Å². The van der Waals surface area contributed by atoms with E-state index < -0.39 is 17.5 Å². The fraction of sp³-hybridized carbons (Fsp3) is 0.467. The number of nitrogens with zero attached hydrogens (tertiary/aromatic N) is 1. The molecule has 0 radical (unpaired) electrons. The molecule has 0 aliphatic heterocycles. The van der Waals surface area contributed by atoms with Crippen LogP contribution in [0.4, 0.5) is 10.5 Å². The van der Waals surface area contributed by atoms with Crippen LogP contribution in [-0.4, -0.2) is 29.2 Å². The van der Waals surface area contributed by atoms with Crippen LogP contribution in [0.1, 0.15) is 32.8 Å². The first kappa shape index (κ1) is 16.0. The van der Waals surface area contributed by atoms with Crippen LogP contribution in [0.2, 0.25) is 0 Å². The predicted molar refractivity (Wildman–Crippen MR) is 79.1 cm³/mol. The maximum absolute atomic E-state index is 12.3. The largest absolute Gasteiger partial charge is 0.480 e. The minimum atomic E-state index is -1.25. The van der Waals surface area contributed by atoms with Crippen LogP contribution in [0.25, 0.3) is 0 Å². The Balaban J connectivity index is 2.93. The maximum Gasteiger partial charge on any atom is 0.329 e. The Bertz CT molecular complexity index is 484. The van der Waals surface area contributed by atoms with Crippen LogP contribution in [-0.2, 0) is 4.79 Å². The lowest BCUT2D eigenvalue weighted by Gasteiger charge is -2.29. The van der Waals surface area contributed by atoms with Gasteiger partial charge < -0.3 is 10.4 Å². The molecule has 0 spiro atoms. The van der Waals surface area contributed by atoms with E-state index in [2.05, 4.69) is 5.32 Å². The van der Waals surface area contributed by atoms with Crippen molar-refractivity contribution in [3.05, 3.63) is 29.8 Å². The molecule has 0 saturated carbocycles. The van der Waals surface area contributed by atoms with E-state index in [-0.39, 0.29) is 0 Å². The number of aliphatic carboxylic acids is 1. The van der Waals surface area contributed by atoms with Gasteiger partial charge in [-0.05, 0) is 39.3 Å². The van der Waals surface area contributed by atoms with Crippen LogP contribution in [0.3, 0.4) is 0 Å². The summed E-state index contributed by atoms with van der Waals surface area (Å²) in [5.41, 5.74) is 0.600. The van der Waals surface area contributed by atoms with Crippen molar-refractivity contribution in [2.24, 2.45) is 0 Å². The topological polar surface area (TPSA) is 69.6 Å². The van der Waals surface area contributed by atoms with Crippen molar-refractivity contribution in [2.75, 3.05) is 11.4 Å². The van der Waals surface area contributed by atoms with Crippen molar-refractivity contribution >= 4 is 17.7 Å². The Morgan fingerprint density at radius 1 is 1.25 bits per heavy atom. The lowest BCUT2D eigenvalue weighted by atomic mass is 10.00. The first-order valence-corrected chi connectivity index (χ1v) is 6.73. The van der Waals surface area contributed by atoms with Gasteiger partial charge in [0.25, 0.3) is 0 Å². The van der Waals surface area contributed by atoms with E-state index in [0.717, 1.165) is 11.3 Å². The number of urea groups is 1. The van der Waals surface area contributed by atoms with Crippen molar-refractivity contribution < 1.29 is 14.7 Å². The second kappa shape index (κ2) is 6.41. The molecule has 1 aromatic carbocycles. The number of hydrogen-bond donors (Lipinski definition) is 2. The van der Waals surface area contributed by atoms with Crippen molar-refractivity contribution in [3.63, 3.8) is 0 Å². The monoisotopic (exact) mass is 278 g/mol. The normalized spacial score (nSPS) is 13.4. The smallest absolute Gasteiger partial charge is 0.329 e. The summed E-state index contributed by atoms with van der Waals surface area (Å²) in [6, 6.07) is 7.14. The molecule has 1 unspecified atom stereocenters. The maximum atomic E-state index is 12.3. The minimum Gasteiger partial charge on any atom is -0.480 e. The molecule has 2 N–H and O–H groups in total. The van der Waals surface area contributed by atoms with Gasteiger partial charge in [-0.3, -0.25) is 4.90 Å². The van der Waals surface area contributed by atoms with E-state index in [9.17, 15) is 14.7 Å². The van der Waals surface area contributed by atoms with Crippen LogP contribution in [0, 0.1) is 6.92 Å². The molecule has 0 saturated heterocycles. The Hall–Kier alpha value is -2.04. The number of anilines is 1. The summed E-state index contributed by atoms with van der Waals surface area (Å²) >= 11 is 0. The van der Waals surface area contributed by atoms with Crippen molar-refractivity contribution in [2.45, 2.75) is 39.7 Å². The highest BCUT2D eigenvalue weighted by Gasteiger charge is 2.34. The first-order chi connectivity index (χ1) is 9.34. The van der Waals surface area contributed by atoms with Crippen LogP contribution < -0.4 is 10.2 Å². The lowest BCUT2D eigenvalue weighted by molar-refractivity contribution is -0.143. The van der Waals surface area contributed by atoms with Gasteiger partial charge in [-0.1, -0.05) is 24.6 Å². The molecule has 20 heavy (non-hydrogen) atoms. The van der Waals surface area contributed by atoms with E-state index in [1.807, 2.05) is 38.1 Å². The number of nitrogens with one attached hydrogen (secondary N) is 1. The Morgan fingerprint density at radius 2 is 1.80 bits per heavy atom. The van der Waals surface area contributed by atoms with E-state index >= 15 is 0 Å². The molecule has 2 amide bonds. The summed E-state index contributed by atoms with van der Waals surface area (Å²) < 4.78 is 0. The van der Waals surface area contributed by atoms with Gasteiger partial charge in [0.15, 0.2) is 0 Å². The van der Waals surface area contributed by atoms with Crippen LogP contribution >= 0.6 is 0 Å². The van der Waals surface area contributed by atoms with E-state index in [1.54, 1.807) is 6.92 Å². The van der Waals surface area contributed by atoms with E-state index in [0.29, 0.717) is 13.0 Å². The van der Waals surface area contributed by atoms with Crippen molar-refractivity contribution in [1.82, 2.24) is 5.32 Å². The Morgan fingerprint density at radius 3 is 2.20 bits per heavy atom. The predicted octanol–water partition coefficient (Wildman–Crippen LogP) is 2.78. The molecular formula is C15H22N2O3. The van der Waals surface area contributed by atoms with E-state index in [1.165, 1.54) is 11.8 Å². The van der Waals surface area contributed by atoms with Gasteiger partial charge in [-0.2, -0.15) is 0 Å². The second-order valence-corrected chi connectivity index (χ2v) is 5.00. The Kier molecular flexibility index (Phi) is 5.13. The summed E-state index contributed by atoms with van der Waals surface area (Å²) in [5.74, 6) is -1.03. The molecular weight excluding hydrogens is 256 g/mol. The zero-order chi connectivity index (χ0) is 15.3. The SMILES string of the molecule is CCN(C(=O)NC(C)(CC)C(=O)O)c1ccc(C)cc1. The quantitative estimate of drug-likeness (QED) is 0.870. The third-order valence-electron chi connectivity index (χ3n) is 3.47. The van der Waals surface area contributed by atoms with Gasteiger partial charge in [-0.15, -0.1) is 0 Å². The second-order valence-electron chi connectivity index (χ2n) is 5.00. The van der Waals surface area contributed by atoms with Gasteiger partial charge in [0.1, 0.15) is 5.54 Å². The molecule has 0 fully saturated rings. The average molecular weight is 278 g/mol. The molecule has 5 nitrogen and oxygen atoms in total. The number of amides is 2. The van der Waals surface area contributed by atoms with Crippen LogP contribution in [0.5, 0.6) is 0 Å². The molecule has 1 atom stereocenters. The van der Waals surface area contributed by atoms with Gasteiger partial charge >= 0.3 is 12.0 Å². The van der Waals surface area contributed by atoms with Gasteiger partial charge in [0.05, 0.1) is 0 Å². The number of benzene rings is 1. The zero-order valence-electron chi connectivity index (χ0n) is 12.4. The summed E-state index contributed by atoms with van der Waals surface area (Å²) in [4.78, 5) is 25.1. The van der Waals surface area contributed by atoms with E-state index in [4.69, 9.17) is 0 Å². The standard InChI is InChI=1S/C15H22N2O3/c1-5-15(4,13(18)19)16-14(20)17(6-2)12-9-7-11(3)8-10-12/h7-10H,5-6H2,1-4H3,(H,16,20)(H,18,19). The Labute approximate surface area is 119 Å². The molecule has 0 heterocycles. The van der Waals surface area contributed by atoms with Gasteiger partial charge in [-0.25, -0.2) is 9.59 Å². The molecule has 5 heteroatoms. The third-order valence-corrected chi connectivity index (χ3v) is 3.47. The molecule has 0 bridgehead atoms. The molecule has 0 aliphatic rings. The number of carbonyl (C=O) groups excluding carboxylic acids is 1. The summed E-state index contributed by atoms with van der Waals surface area (Å²) in [5, 5.41) is 11.8.